The molecule has 0 radical (unpaired) electrons. The monoisotopic (exact) mass is 252 g/mol. The lowest BCUT2D eigenvalue weighted by molar-refractivity contribution is 0.299. The standard InChI is InChI=1S/C12H13ClN2O2/c1-8-11(5-6-16)12(17)15(14-8)10-4-2-3-9(13)7-10/h2-4,7,14,16H,5-6H2,1H3. The number of aliphatic hydroxyl groups is 1. The fraction of sp³-hybridized carbons (Fsp3) is 0.250. The Bertz CT molecular complexity index is 586. The Hall–Kier alpha value is -1.52. The Balaban J connectivity index is 2.54. The quantitative estimate of drug-likeness (QED) is 0.873. The van der Waals surface area contributed by atoms with Crippen molar-refractivity contribution in [1.82, 2.24) is 9.78 Å². The highest BCUT2D eigenvalue weighted by Crippen LogP contribution is 2.13. The predicted molar refractivity (Wildman–Crippen MR) is 66.9 cm³/mol. The van der Waals surface area contributed by atoms with Gasteiger partial charge in [-0.05, 0) is 25.1 Å². The number of nitrogens with one attached hydrogen (secondary N) is 1. The summed E-state index contributed by atoms with van der Waals surface area (Å²) in [5.74, 6) is 0. The van der Waals surface area contributed by atoms with E-state index in [1.807, 2.05) is 6.92 Å². The average Bonchev–Trinajstić information content (AvgIpc) is 2.57. The number of benzene rings is 1. The summed E-state index contributed by atoms with van der Waals surface area (Å²) in [7, 11) is 0. The van der Waals surface area contributed by atoms with E-state index in [1.165, 1.54) is 4.68 Å². The molecular weight excluding hydrogens is 240 g/mol. The van der Waals surface area contributed by atoms with Gasteiger partial charge in [0.2, 0.25) is 0 Å². The first-order valence-corrected chi connectivity index (χ1v) is 5.68. The van der Waals surface area contributed by atoms with Gasteiger partial charge < -0.3 is 5.11 Å². The first kappa shape index (κ1) is 12.0. The summed E-state index contributed by atoms with van der Waals surface area (Å²) in [5.41, 5.74) is 1.92. The Kier molecular flexibility index (Phi) is 3.36. The van der Waals surface area contributed by atoms with Crippen LogP contribution in [0.3, 0.4) is 0 Å². The molecule has 0 aliphatic rings. The number of aryl methyl sites for hydroxylation is 1. The summed E-state index contributed by atoms with van der Waals surface area (Å²) >= 11 is 5.89. The van der Waals surface area contributed by atoms with Gasteiger partial charge in [0.25, 0.3) is 5.56 Å². The molecule has 0 saturated carbocycles. The maximum Gasteiger partial charge on any atom is 0.274 e. The minimum atomic E-state index is -0.140. The Labute approximate surface area is 103 Å². The molecule has 0 unspecified atom stereocenters. The fourth-order valence-corrected chi connectivity index (χ4v) is 1.97. The van der Waals surface area contributed by atoms with E-state index in [2.05, 4.69) is 5.10 Å². The zero-order valence-electron chi connectivity index (χ0n) is 9.40. The molecule has 2 rings (SSSR count). The molecule has 2 aromatic rings. The Morgan fingerprint density at radius 2 is 2.24 bits per heavy atom. The Morgan fingerprint density at radius 1 is 1.47 bits per heavy atom. The Morgan fingerprint density at radius 3 is 2.88 bits per heavy atom. The van der Waals surface area contributed by atoms with Crippen LogP contribution in [-0.4, -0.2) is 21.5 Å². The number of aromatic amines is 1. The number of hydrogen-bond acceptors (Lipinski definition) is 2. The molecule has 0 fully saturated rings. The second-order valence-electron chi connectivity index (χ2n) is 3.81. The highest BCUT2D eigenvalue weighted by Gasteiger charge is 2.11. The van der Waals surface area contributed by atoms with Gasteiger partial charge in [0.05, 0.1) is 5.69 Å². The second-order valence-corrected chi connectivity index (χ2v) is 4.25. The number of H-pyrrole nitrogens is 1. The number of nitrogens with zero attached hydrogens (tertiary/aromatic N) is 1. The third kappa shape index (κ3) is 2.28. The summed E-state index contributed by atoms with van der Waals surface area (Å²) in [5, 5.41) is 12.5. The lowest BCUT2D eigenvalue weighted by Crippen LogP contribution is -2.18. The molecular formula is C12H13ClN2O2. The van der Waals surface area contributed by atoms with Crippen LogP contribution < -0.4 is 5.56 Å². The maximum atomic E-state index is 12.1. The second kappa shape index (κ2) is 4.77. The first-order valence-electron chi connectivity index (χ1n) is 5.31. The molecule has 0 spiro atoms. The molecule has 17 heavy (non-hydrogen) atoms. The highest BCUT2D eigenvalue weighted by molar-refractivity contribution is 6.30. The van der Waals surface area contributed by atoms with Crippen LogP contribution in [0.25, 0.3) is 5.69 Å². The van der Waals surface area contributed by atoms with Gasteiger partial charge in [-0.15, -0.1) is 0 Å². The van der Waals surface area contributed by atoms with Crippen LogP contribution in [0.4, 0.5) is 0 Å². The van der Waals surface area contributed by atoms with Gasteiger partial charge in [0, 0.05) is 29.3 Å². The van der Waals surface area contributed by atoms with Gasteiger partial charge in [-0.3, -0.25) is 9.89 Å². The van der Waals surface area contributed by atoms with Crippen LogP contribution in [0.5, 0.6) is 0 Å². The van der Waals surface area contributed by atoms with Crippen molar-refractivity contribution in [3.05, 3.63) is 50.9 Å². The zero-order valence-corrected chi connectivity index (χ0v) is 10.2. The summed E-state index contributed by atoms with van der Waals surface area (Å²) < 4.78 is 1.44. The molecule has 0 aliphatic carbocycles. The SMILES string of the molecule is Cc1[nH]n(-c2cccc(Cl)c2)c(=O)c1CCO. The lowest BCUT2D eigenvalue weighted by Gasteiger charge is -2.01. The van der Waals surface area contributed by atoms with E-state index in [-0.39, 0.29) is 12.2 Å². The smallest absolute Gasteiger partial charge is 0.274 e. The van der Waals surface area contributed by atoms with Crippen molar-refractivity contribution in [3.63, 3.8) is 0 Å². The molecule has 5 heteroatoms. The van der Waals surface area contributed by atoms with Crippen LogP contribution in [0, 0.1) is 6.92 Å². The van der Waals surface area contributed by atoms with Gasteiger partial charge in [-0.1, -0.05) is 17.7 Å². The van der Waals surface area contributed by atoms with E-state index in [4.69, 9.17) is 16.7 Å². The van der Waals surface area contributed by atoms with Crippen molar-refractivity contribution in [3.8, 4) is 5.69 Å². The number of aromatic nitrogens is 2. The largest absolute Gasteiger partial charge is 0.396 e. The van der Waals surface area contributed by atoms with E-state index in [1.54, 1.807) is 24.3 Å². The molecule has 1 heterocycles. The van der Waals surface area contributed by atoms with Crippen molar-refractivity contribution in [2.24, 2.45) is 0 Å². The first-order chi connectivity index (χ1) is 8.13. The van der Waals surface area contributed by atoms with Crippen molar-refractivity contribution < 1.29 is 5.11 Å². The van der Waals surface area contributed by atoms with E-state index in [9.17, 15) is 4.79 Å². The minimum absolute atomic E-state index is 0.0382. The molecule has 1 aromatic heterocycles. The van der Waals surface area contributed by atoms with Gasteiger partial charge in [0.15, 0.2) is 0 Å². The van der Waals surface area contributed by atoms with Crippen LogP contribution >= 0.6 is 11.6 Å². The summed E-state index contributed by atoms with van der Waals surface area (Å²) in [6, 6.07) is 7.04. The van der Waals surface area contributed by atoms with Gasteiger partial charge in [-0.2, -0.15) is 0 Å². The molecule has 0 atom stereocenters. The van der Waals surface area contributed by atoms with E-state index < -0.39 is 0 Å². The fourth-order valence-electron chi connectivity index (χ4n) is 1.78. The molecule has 0 bridgehead atoms. The van der Waals surface area contributed by atoms with Crippen LogP contribution in [0.1, 0.15) is 11.3 Å². The number of rotatable bonds is 3. The number of halogens is 1. The molecule has 4 nitrogen and oxygen atoms in total. The lowest BCUT2D eigenvalue weighted by atomic mass is 10.2. The molecule has 0 aliphatic heterocycles. The normalized spacial score (nSPS) is 10.8. The van der Waals surface area contributed by atoms with Crippen molar-refractivity contribution in [2.45, 2.75) is 13.3 Å². The topological polar surface area (TPSA) is 58.0 Å². The third-order valence-electron chi connectivity index (χ3n) is 2.62. The summed E-state index contributed by atoms with van der Waals surface area (Å²) in [6.07, 6.45) is 0.356. The van der Waals surface area contributed by atoms with Crippen LogP contribution in [0.15, 0.2) is 29.1 Å². The molecule has 0 saturated heterocycles. The summed E-state index contributed by atoms with van der Waals surface area (Å²) in [6.45, 7) is 1.77. The zero-order chi connectivity index (χ0) is 12.4. The van der Waals surface area contributed by atoms with Crippen LogP contribution in [0.2, 0.25) is 5.02 Å². The molecule has 0 amide bonds. The van der Waals surface area contributed by atoms with Gasteiger partial charge in [0.1, 0.15) is 0 Å². The van der Waals surface area contributed by atoms with E-state index in [0.717, 1.165) is 5.69 Å². The average molecular weight is 253 g/mol. The summed E-state index contributed by atoms with van der Waals surface area (Å²) in [4.78, 5) is 12.1. The molecule has 90 valence electrons. The predicted octanol–water partition coefficient (Wildman–Crippen LogP) is 1.66. The van der Waals surface area contributed by atoms with Crippen molar-refractivity contribution in [1.29, 1.82) is 0 Å². The minimum Gasteiger partial charge on any atom is -0.396 e. The van der Waals surface area contributed by atoms with Crippen molar-refractivity contribution >= 4 is 11.6 Å². The number of aliphatic hydroxyl groups excluding tert-OH is 1. The maximum absolute atomic E-state index is 12.1. The highest BCUT2D eigenvalue weighted by atomic mass is 35.5. The van der Waals surface area contributed by atoms with Crippen molar-refractivity contribution in [2.75, 3.05) is 6.61 Å². The van der Waals surface area contributed by atoms with Crippen LogP contribution in [-0.2, 0) is 6.42 Å². The van der Waals surface area contributed by atoms with E-state index in [0.29, 0.717) is 22.7 Å². The molecule has 2 N–H and O–H groups in total. The van der Waals surface area contributed by atoms with Gasteiger partial charge in [-0.25, -0.2) is 4.68 Å². The van der Waals surface area contributed by atoms with E-state index >= 15 is 0 Å². The molecule has 1 aromatic carbocycles. The third-order valence-corrected chi connectivity index (χ3v) is 2.86. The van der Waals surface area contributed by atoms with Gasteiger partial charge >= 0.3 is 0 Å². The number of hydrogen-bond donors (Lipinski definition) is 2.